The number of nitrogens with one attached hydrogen (secondary N) is 2. The molecule has 2 N–H and O–H groups in total. The average molecular weight is 258 g/mol. The number of hydrogen-bond donors (Lipinski definition) is 2. The highest BCUT2D eigenvalue weighted by atomic mass is 16.2. The maximum atomic E-state index is 12.5. The second kappa shape index (κ2) is 4.97. The fourth-order valence-corrected chi connectivity index (χ4v) is 3.39. The van der Waals surface area contributed by atoms with Crippen LogP contribution in [-0.4, -0.2) is 18.0 Å². The van der Waals surface area contributed by atoms with Gasteiger partial charge in [-0.3, -0.25) is 4.79 Å². The number of carbonyl (C=O) groups excluding carboxylic acids is 1. The molecule has 19 heavy (non-hydrogen) atoms. The Morgan fingerprint density at radius 1 is 1.32 bits per heavy atom. The molecule has 3 nitrogen and oxygen atoms in total. The van der Waals surface area contributed by atoms with Crippen molar-refractivity contribution in [3.05, 3.63) is 35.4 Å². The Balaban J connectivity index is 1.78. The quantitative estimate of drug-likeness (QED) is 0.855. The third-order valence-corrected chi connectivity index (χ3v) is 4.50. The molecule has 102 valence electrons. The maximum Gasteiger partial charge on any atom is 0.242 e. The van der Waals surface area contributed by atoms with E-state index < -0.39 is 0 Å². The standard InChI is InChI=1S/C16H22N2O/c1-16(9-4-5-10-16)18-15(19)14-13-7-3-2-6-12(13)8-11-17-14/h2-3,6-7,14,17H,4-5,8-11H2,1H3,(H,18,19). The summed E-state index contributed by atoms with van der Waals surface area (Å²) in [6, 6.07) is 8.10. The third kappa shape index (κ3) is 2.52. The fraction of sp³-hybridized carbons (Fsp3) is 0.562. The molecule has 1 aromatic rings. The molecular formula is C16H22N2O. The molecule has 2 aliphatic rings. The fourth-order valence-electron chi connectivity index (χ4n) is 3.39. The Bertz CT molecular complexity index is 477. The van der Waals surface area contributed by atoms with Crippen molar-refractivity contribution in [3.63, 3.8) is 0 Å². The van der Waals surface area contributed by atoms with Crippen molar-refractivity contribution >= 4 is 5.91 Å². The molecule has 1 fully saturated rings. The highest BCUT2D eigenvalue weighted by Gasteiger charge is 2.34. The first-order valence-electron chi connectivity index (χ1n) is 7.31. The van der Waals surface area contributed by atoms with Crippen LogP contribution in [0.3, 0.4) is 0 Å². The highest BCUT2D eigenvalue weighted by Crippen LogP contribution is 2.30. The zero-order chi connectivity index (χ0) is 13.3. The first-order chi connectivity index (χ1) is 9.18. The summed E-state index contributed by atoms with van der Waals surface area (Å²) in [5.74, 6) is 0.136. The molecule has 0 bridgehead atoms. The molecule has 1 amide bonds. The van der Waals surface area contributed by atoms with Crippen molar-refractivity contribution in [1.82, 2.24) is 10.6 Å². The monoisotopic (exact) mass is 258 g/mol. The molecule has 1 heterocycles. The van der Waals surface area contributed by atoms with E-state index in [2.05, 4.69) is 35.8 Å². The molecular weight excluding hydrogens is 236 g/mol. The molecule has 0 aromatic heterocycles. The second-order valence-electron chi connectivity index (χ2n) is 6.09. The SMILES string of the molecule is CC1(NC(=O)C2NCCc3ccccc32)CCCC1. The summed E-state index contributed by atoms with van der Waals surface area (Å²) in [5.41, 5.74) is 2.45. The largest absolute Gasteiger partial charge is 0.349 e. The van der Waals surface area contributed by atoms with Gasteiger partial charge in [0, 0.05) is 12.1 Å². The van der Waals surface area contributed by atoms with Crippen LogP contribution in [0.2, 0.25) is 0 Å². The van der Waals surface area contributed by atoms with E-state index in [1.54, 1.807) is 0 Å². The van der Waals surface area contributed by atoms with Crippen LogP contribution in [0.25, 0.3) is 0 Å². The molecule has 1 aliphatic heterocycles. The lowest BCUT2D eigenvalue weighted by atomic mass is 9.92. The first kappa shape index (κ1) is 12.7. The molecule has 3 rings (SSSR count). The van der Waals surface area contributed by atoms with Crippen LogP contribution in [0, 0.1) is 0 Å². The highest BCUT2D eigenvalue weighted by molar-refractivity contribution is 5.84. The Hall–Kier alpha value is -1.35. The third-order valence-electron chi connectivity index (χ3n) is 4.50. The van der Waals surface area contributed by atoms with Gasteiger partial charge < -0.3 is 10.6 Å². The molecule has 1 saturated carbocycles. The van der Waals surface area contributed by atoms with Gasteiger partial charge in [0.2, 0.25) is 5.91 Å². The van der Waals surface area contributed by atoms with Gasteiger partial charge in [0.15, 0.2) is 0 Å². The van der Waals surface area contributed by atoms with Gasteiger partial charge in [-0.25, -0.2) is 0 Å². The lowest BCUT2D eigenvalue weighted by Gasteiger charge is -2.31. The Labute approximate surface area is 114 Å². The van der Waals surface area contributed by atoms with Crippen LogP contribution in [0.4, 0.5) is 0 Å². The topological polar surface area (TPSA) is 41.1 Å². The van der Waals surface area contributed by atoms with Gasteiger partial charge in [0.05, 0.1) is 0 Å². The van der Waals surface area contributed by atoms with Gasteiger partial charge in [-0.1, -0.05) is 37.1 Å². The lowest BCUT2D eigenvalue weighted by Crippen LogP contribution is -2.49. The van der Waals surface area contributed by atoms with Crippen LogP contribution < -0.4 is 10.6 Å². The Morgan fingerprint density at radius 3 is 2.84 bits per heavy atom. The Morgan fingerprint density at radius 2 is 2.05 bits per heavy atom. The first-order valence-corrected chi connectivity index (χ1v) is 7.31. The van der Waals surface area contributed by atoms with Gasteiger partial charge in [0.25, 0.3) is 0 Å². The average Bonchev–Trinajstić information content (AvgIpc) is 2.84. The van der Waals surface area contributed by atoms with Crippen molar-refractivity contribution in [3.8, 4) is 0 Å². The van der Waals surface area contributed by atoms with Gasteiger partial charge in [-0.2, -0.15) is 0 Å². The van der Waals surface area contributed by atoms with Crippen LogP contribution in [0.15, 0.2) is 24.3 Å². The van der Waals surface area contributed by atoms with Crippen LogP contribution in [0.5, 0.6) is 0 Å². The lowest BCUT2D eigenvalue weighted by molar-refractivity contribution is -0.125. The summed E-state index contributed by atoms with van der Waals surface area (Å²) in [7, 11) is 0. The van der Waals surface area contributed by atoms with Crippen LogP contribution >= 0.6 is 0 Å². The van der Waals surface area contributed by atoms with Crippen LogP contribution in [-0.2, 0) is 11.2 Å². The van der Waals surface area contributed by atoms with E-state index in [1.165, 1.54) is 18.4 Å². The van der Waals surface area contributed by atoms with Gasteiger partial charge in [-0.05, 0) is 37.3 Å². The zero-order valence-electron chi connectivity index (χ0n) is 11.5. The minimum absolute atomic E-state index is 0.00511. The number of fused-ring (bicyclic) bond motifs is 1. The summed E-state index contributed by atoms with van der Waals surface area (Å²) < 4.78 is 0. The number of hydrogen-bond acceptors (Lipinski definition) is 2. The van der Waals surface area contributed by atoms with E-state index in [0.717, 1.165) is 31.4 Å². The minimum atomic E-state index is -0.178. The zero-order valence-corrected chi connectivity index (χ0v) is 11.5. The van der Waals surface area contributed by atoms with E-state index in [9.17, 15) is 4.79 Å². The molecule has 1 atom stereocenters. The number of amides is 1. The second-order valence-corrected chi connectivity index (χ2v) is 6.09. The van der Waals surface area contributed by atoms with E-state index >= 15 is 0 Å². The van der Waals surface area contributed by atoms with Crippen LogP contribution in [0.1, 0.15) is 49.8 Å². The summed E-state index contributed by atoms with van der Waals surface area (Å²) >= 11 is 0. The van der Waals surface area contributed by atoms with E-state index in [1.807, 2.05) is 6.07 Å². The smallest absolute Gasteiger partial charge is 0.242 e. The minimum Gasteiger partial charge on any atom is -0.349 e. The van der Waals surface area contributed by atoms with E-state index in [4.69, 9.17) is 0 Å². The maximum absolute atomic E-state index is 12.5. The van der Waals surface area contributed by atoms with E-state index in [0.29, 0.717) is 0 Å². The number of benzene rings is 1. The van der Waals surface area contributed by atoms with Crippen molar-refractivity contribution in [2.45, 2.75) is 50.6 Å². The van der Waals surface area contributed by atoms with Gasteiger partial charge in [0.1, 0.15) is 6.04 Å². The Kier molecular flexibility index (Phi) is 3.31. The summed E-state index contributed by atoms with van der Waals surface area (Å²) in [4.78, 5) is 12.5. The van der Waals surface area contributed by atoms with Crippen molar-refractivity contribution in [2.24, 2.45) is 0 Å². The molecule has 0 saturated heterocycles. The molecule has 0 spiro atoms. The van der Waals surface area contributed by atoms with Crippen molar-refractivity contribution in [2.75, 3.05) is 6.54 Å². The summed E-state index contributed by atoms with van der Waals surface area (Å²) in [5, 5.41) is 6.62. The summed E-state index contributed by atoms with van der Waals surface area (Å²) in [6.07, 6.45) is 5.67. The van der Waals surface area contributed by atoms with Crippen molar-refractivity contribution < 1.29 is 4.79 Å². The number of rotatable bonds is 2. The van der Waals surface area contributed by atoms with Gasteiger partial charge >= 0.3 is 0 Å². The predicted octanol–water partition coefficient (Wildman–Crippen LogP) is 2.32. The normalized spacial score (nSPS) is 24.8. The van der Waals surface area contributed by atoms with Crippen molar-refractivity contribution in [1.29, 1.82) is 0 Å². The van der Waals surface area contributed by atoms with E-state index in [-0.39, 0.29) is 17.5 Å². The summed E-state index contributed by atoms with van der Waals surface area (Å²) in [6.45, 7) is 3.05. The number of carbonyl (C=O) groups is 1. The molecule has 1 aliphatic carbocycles. The predicted molar refractivity (Wildman–Crippen MR) is 75.9 cm³/mol. The van der Waals surface area contributed by atoms with Gasteiger partial charge in [-0.15, -0.1) is 0 Å². The molecule has 1 unspecified atom stereocenters. The molecule has 1 aromatic carbocycles. The molecule has 3 heteroatoms. The molecule has 0 radical (unpaired) electrons.